The van der Waals surface area contributed by atoms with Crippen LogP contribution in [0.2, 0.25) is 0 Å². The summed E-state index contributed by atoms with van der Waals surface area (Å²) in [5.41, 5.74) is 3.37. The Morgan fingerprint density at radius 2 is 1.85 bits per heavy atom. The average molecular weight is 349 g/mol. The molecule has 0 spiro atoms. The number of piperidine rings is 1. The van der Waals surface area contributed by atoms with Gasteiger partial charge in [-0.3, -0.25) is 4.40 Å². The van der Waals surface area contributed by atoms with E-state index in [-0.39, 0.29) is 0 Å². The Morgan fingerprint density at radius 3 is 2.62 bits per heavy atom. The van der Waals surface area contributed by atoms with Gasteiger partial charge in [0.25, 0.3) is 0 Å². The lowest BCUT2D eigenvalue weighted by Crippen LogP contribution is -2.39. The molecule has 0 unspecified atom stereocenters. The number of rotatable bonds is 6. The molecule has 1 aliphatic rings. The van der Waals surface area contributed by atoms with E-state index in [0.717, 1.165) is 17.9 Å². The highest BCUT2D eigenvalue weighted by molar-refractivity contribution is 5.46. The van der Waals surface area contributed by atoms with E-state index < -0.39 is 0 Å². The van der Waals surface area contributed by atoms with Crippen molar-refractivity contribution in [2.45, 2.75) is 38.6 Å². The van der Waals surface area contributed by atoms with Crippen molar-refractivity contribution in [1.82, 2.24) is 19.5 Å². The maximum absolute atomic E-state index is 4.32. The molecule has 1 N–H and O–H groups in total. The van der Waals surface area contributed by atoms with Crippen molar-refractivity contribution in [3.05, 3.63) is 60.0 Å². The molecule has 0 amide bonds. The van der Waals surface area contributed by atoms with Gasteiger partial charge in [0, 0.05) is 37.4 Å². The lowest BCUT2D eigenvalue weighted by Gasteiger charge is -2.32. The van der Waals surface area contributed by atoms with Gasteiger partial charge in [-0.2, -0.15) is 0 Å². The van der Waals surface area contributed by atoms with Crippen molar-refractivity contribution in [2.75, 3.05) is 25.0 Å². The molecule has 0 bridgehead atoms. The zero-order chi connectivity index (χ0) is 17.8. The minimum absolute atomic E-state index is 0.592. The average Bonchev–Trinajstić information content (AvgIpc) is 3.08. The number of anilines is 1. The predicted molar refractivity (Wildman–Crippen MR) is 106 cm³/mol. The molecule has 5 heteroatoms. The Hall–Kier alpha value is -2.40. The molecule has 0 atom stereocenters. The maximum atomic E-state index is 4.32. The molecule has 2 aromatic heterocycles. The third-order valence-corrected chi connectivity index (χ3v) is 5.20. The Morgan fingerprint density at radius 1 is 1.04 bits per heavy atom. The molecule has 0 saturated carbocycles. The quantitative estimate of drug-likeness (QED) is 0.738. The lowest BCUT2D eigenvalue weighted by molar-refractivity contribution is 0.219. The second-order valence-electron chi connectivity index (χ2n) is 7.18. The summed E-state index contributed by atoms with van der Waals surface area (Å²) in [6, 6.07) is 15.3. The first-order valence-corrected chi connectivity index (χ1v) is 9.68. The first-order chi connectivity index (χ1) is 12.8. The summed E-state index contributed by atoms with van der Waals surface area (Å²) in [5.74, 6) is 0.976. The first kappa shape index (κ1) is 17.0. The van der Waals surface area contributed by atoms with Gasteiger partial charge in [-0.15, -0.1) is 10.2 Å². The van der Waals surface area contributed by atoms with Crippen LogP contribution >= 0.6 is 0 Å². The summed E-state index contributed by atoms with van der Waals surface area (Å²) >= 11 is 0. The molecule has 1 aliphatic heterocycles. The number of benzene rings is 1. The topological polar surface area (TPSA) is 45.5 Å². The fourth-order valence-electron chi connectivity index (χ4n) is 3.77. The molecule has 1 saturated heterocycles. The summed E-state index contributed by atoms with van der Waals surface area (Å²) in [6.45, 7) is 5.92. The van der Waals surface area contributed by atoms with Crippen LogP contribution in [0.1, 0.15) is 37.6 Å². The molecule has 1 fully saturated rings. The van der Waals surface area contributed by atoms with Crippen LogP contribution in [0.3, 0.4) is 0 Å². The molecule has 5 nitrogen and oxygen atoms in total. The van der Waals surface area contributed by atoms with E-state index in [1.54, 1.807) is 0 Å². The van der Waals surface area contributed by atoms with E-state index in [2.05, 4.69) is 56.0 Å². The van der Waals surface area contributed by atoms with Crippen molar-refractivity contribution in [3.63, 3.8) is 0 Å². The number of aromatic nitrogens is 3. The van der Waals surface area contributed by atoms with Gasteiger partial charge in [-0.1, -0.05) is 25.1 Å². The molecule has 0 aliphatic carbocycles. The monoisotopic (exact) mass is 349 g/mol. The van der Waals surface area contributed by atoms with Crippen LogP contribution in [0.5, 0.6) is 0 Å². The van der Waals surface area contributed by atoms with E-state index in [1.807, 2.05) is 24.4 Å². The van der Waals surface area contributed by atoms with Crippen molar-refractivity contribution in [1.29, 1.82) is 0 Å². The SMILES string of the molecule is CCCN1CCC(Nc2ccc(Cc3nnc4ccccn34)cc2)CC1. The van der Waals surface area contributed by atoms with Gasteiger partial charge in [-0.25, -0.2) is 0 Å². The summed E-state index contributed by atoms with van der Waals surface area (Å²) < 4.78 is 2.05. The summed E-state index contributed by atoms with van der Waals surface area (Å²) in [6.07, 6.45) is 6.52. The van der Waals surface area contributed by atoms with Gasteiger partial charge < -0.3 is 10.2 Å². The van der Waals surface area contributed by atoms with Crippen LogP contribution < -0.4 is 5.32 Å². The molecule has 0 radical (unpaired) electrons. The zero-order valence-electron chi connectivity index (χ0n) is 15.4. The van der Waals surface area contributed by atoms with E-state index in [0.29, 0.717) is 6.04 Å². The lowest BCUT2D eigenvalue weighted by atomic mass is 10.0. The van der Waals surface area contributed by atoms with E-state index in [4.69, 9.17) is 0 Å². The van der Waals surface area contributed by atoms with Gasteiger partial charge in [0.1, 0.15) is 5.82 Å². The third kappa shape index (κ3) is 3.88. The third-order valence-electron chi connectivity index (χ3n) is 5.20. The van der Waals surface area contributed by atoms with Gasteiger partial charge in [-0.05, 0) is 55.6 Å². The summed E-state index contributed by atoms with van der Waals surface area (Å²) in [7, 11) is 0. The van der Waals surface area contributed by atoms with E-state index in [9.17, 15) is 0 Å². The van der Waals surface area contributed by atoms with Gasteiger partial charge in [0.2, 0.25) is 0 Å². The van der Waals surface area contributed by atoms with Crippen LogP contribution in [0, 0.1) is 0 Å². The van der Waals surface area contributed by atoms with Gasteiger partial charge in [0.15, 0.2) is 5.65 Å². The molecule has 136 valence electrons. The second-order valence-corrected chi connectivity index (χ2v) is 7.18. The fourth-order valence-corrected chi connectivity index (χ4v) is 3.77. The highest BCUT2D eigenvalue weighted by atomic mass is 15.2. The number of likely N-dealkylation sites (tertiary alicyclic amines) is 1. The van der Waals surface area contributed by atoms with E-state index in [1.165, 1.54) is 50.1 Å². The molecule has 1 aromatic carbocycles. The van der Waals surface area contributed by atoms with Gasteiger partial charge in [0.05, 0.1) is 0 Å². The zero-order valence-corrected chi connectivity index (χ0v) is 15.4. The minimum Gasteiger partial charge on any atom is -0.382 e. The number of pyridine rings is 1. The van der Waals surface area contributed by atoms with Crippen molar-refractivity contribution >= 4 is 11.3 Å². The van der Waals surface area contributed by atoms with Gasteiger partial charge >= 0.3 is 0 Å². The largest absolute Gasteiger partial charge is 0.382 e. The molecule has 3 heterocycles. The van der Waals surface area contributed by atoms with E-state index >= 15 is 0 Å². The molecule has 3 aromatic rings. The highest BCUT2D eigenvalue weighted by Gasteiger charge is 2.18. The van der Waals surface area contributed by atoms with Crippen LogP contribution in [-0.2, 0) is 6.42 Å². The fraction of sp³-hybridized carbons (Fsp3) is 0.429. The van der Waals surface area contributed by atoms with Crippen LogP contribution in [-0.4, -0.2) is 45.2 Å². The number of hydrogen-bond acceptors (Lipinski definition) is 4. The molecular formula is C21H27N5. The van der Waals surface area contributed by atoms with Crippen molar-refractivity contribution < 1.29 is 0 Å². The van der Waals surface area contributed by atoms with Crippen molar-refractivity contribution in [3.8, 4) is 0 Å². The predicted octanol–water partition coefficient (Wildman–Crippen LogP) is 3.61. The first-order valence-electron chi connectivity index (χ1n) is 9.68. The summed E-state index contributed by atoms with van der Waals surface area (Å²) in [4.78, 5) is 2.57. The second kappa shape index (κ2) is 7.87. The smallest absolute Gasteiger partial charge is 0.160 e. The van der Waals surface area contributed by atoms with Crippen LogP contribution in [0.25, 0.3) is 5.65 Å². The summed E-state index contributed by atoms with van der Waals surface area (Å²) in [5, 5.41) is 12.2. The standard InChI is InChI=1S/C21H27N5/c1-2-12-25-14-10-19(11-15-25)22-18-8-6-17(7-9-18)16-21-24-23-20-5-3-4-13-26(20)21/h3-9,13,19,22H,2,10-12,14-16H2,1H3. The number of fused-ring (bicyclic) bond motifs is 1. The van der Waals surface area contributed by atoms with Crippen LogP contribution in [0.4, 0.5) is 5.69 Å². The van der Waals surface area contributed by atoms with Crippen molar-refractivity contribution in [2.24, 2.45) is 0 Å². The Labute approximate surface area is 155 Å². The number of hydrogen-bond donors (Lipinski definition) is 1. The normalized spacial score (nSPS) is 16.2. The Bertz CT molecular complexity index is 831. The molecule has 4 rings (SSSR count). The minimum atomic E-state index is 0.592. The van der Waals surface area contributed by atoms with Crippen LogP contribution in [0.15, 0.2) is 48.7 Å². The highest BCUT2D eigenvalue weighted by Crippen LogP contribution is 2.18. The Balaban J connectivity index is 1.35. The Kier molecular flexibility index (Phi) is 5.16. The maximum Gasteiger partial charge on any atom is 0.160 e. The molecular weight excluding hydrogens is 322 g/mol. The number of nitrogens with one attached hydrogen (secondary N) is 1. The number of nitrogens with zero attached hydrogens (tertiary/aromatic N) is 4. The molecule has 26 heavy (non-hydrogen) atoms.